The molecule has 3 aromatic carbocycles. The molecular weight excluding hydrogens is 400 g/mol. The number of para-hydroxylation sites is 1. The standard InChI is InChI=1S/C23H19ClN4O2/c1-29-20-12-11-15(13-21(20)30-2)14-25-28-23-17-8-4-6-10-19(17)26-22(27-23)16-7-3-5-9-18(16)24/h3-14H,1-2H3,(H,26,27,28). The van der Waals surface area contributed by atoms with E-state index in [2.05, 4.69) is 20.5 Å². The lowest BCUT2D eigenvalue weighted by Gasteiger charge is -2.09. The van der Waals surface area contributed by atoms with E-state index in [1.807, 2.05) is 66.7 Å². The molecule has 1 N–H and O–H groups in total. The monoisotopic (exact) mass is 418 g/mol. The molecule has 6 nitrogen and oxygen atoms in total. The number of rotatable bonds is 6. The number of anilines is 1. The van der Waals surface area contributed by atoms with E-state index < -0.39 is 0 Å². The van der Waals surface area contributed by atoms with E-state index in [1.165, 1.54) is 0 Å². The highest BCUT2D eigenvalue weighted by Gasteiger charge is 2.11. The van der Waals surface area contributed by atoms with Gasteiger partial charge in [0.1, 0.15) is 0 Å². The molecule has 7 heteroatoms. The van der Waals surface area contributed by atoms with Gasteiger partial charge >= 0.3 is 0 Å². The van der Waals surface area contributed by atoms with Crippen molar-refractivity contribution >= 4 is 34.5 Å². The van der Waals surface area contributed by atoms with Crippen LogP contribution in [0.3, 0.4) is 0 Å². The molecule has 0 saturated carbocycles. The van der Waals surface area contributed by atoms with Crippen LogP contribution in [0.5, 0.6) is 11.5 Å². The predicted molar refractivity (Wildman–Crippen MR) is 121 cm³/mol. The summed E-state index contributed by atoms with van der Waals surface area (Å²) >= 11 is 6.35. The number of methoxy groups -OCH3 is 2. The molecule has 0 bridgehead atoms. The summed E-state index contributed by atoms with van der Waals surface area (Å²) in [5.41, 5.74) is 5.45. The number of nitrogens with one attached hydrogen (secondary N) is 1. The third-order valence-corrected chi connectivity index (χ3v) is 4.84. The summed E-state index contributed by atoms with van der Waals surface area (Å²) in [6, 6.07) is 20.8. The number of aromatic nitrogens is 2. The smallest absolute Gasteiger partial charge is 0.163 e. The van der Waals surface area contributed by atoms with Gasteiger partial charge in [-0.3, -0.25) is 5.43 Å². The minimum Gasteiger partial charge on any atom is -0.493 e. The summed E-state index contributed by atoms with van der Waals surface area (Å²) in [6.07, 6.45) is 1.69. The first kappa shape index (κ1) is 19.7. The van der Waals surface area contributed by atoms with Gasteiger partial charge in [-0.25, -0.2) is 9.97 Å². The van der Waals surface area contributed by atoms with E-state index in [0.717, 1.165) is 22.0 Å². The van der Waals surface area contributed by atoms with Gasteiger partial charge in [-0.2, -0.15) is 5.10 Å². The quantitative estimate of drug-likeness (QED) is 0.335. The lowest BCUT2D eigenvalue weighted by atomic mass is 10.2. The number of fused-ring (bicyclic) bond motifs is 1. The lowest BCUT2D eigenvalue weighted by molar-refractivity contribution is 0.355. The van der Waals surface area contributed by atoms with E-state index in [-0.39, 0.29) is 0 Å². The molecule has 0 amide bonds. The van der Waals surface area contributed by atoms with Gasteiger partial charge in [0.15, 0.2) is 23.1 Å². The number of hydrogen-bond acceptors (Lipinski definition) is 6. The highest BCUT2D eigenvalue weighted by Crippen LogP contribution is 2.29. The molecule has 0 unspecified atom stereocenters. The second-order valence-electron chi connectivity index (χ2n) is 6.38. The average molecular weight is 419 g/mol. The SMILES string of the molecule is COc1ccc(C=NNc2nc(-c3ccccc3Cl)nc3ccccc23)cc1OC. The number of hydrazone groups is 1. The Balaban J connectivity index is 1.68. The Hall–Kier alpha value is -3.64. The highest BCUT2D eigenvalue weighted by atomic mass is 35.5. The number of hydrogen-bond donors (Lipinski definition) is 1. The molecule has 150 valence electrons. The van der Waals surface area contributed by atoms with Crippen molar-refractivity contribution in [2.24, 2.45) is 5.10 Å². The fraction of sp³-hybridized carbons (Fsp3) is 0.0870. The Morgan fingerprint density at radius 3 is 2.47 bits per heavy atom. The van der Waals surface area contributed by atoms with E-state index >= 15 is 0 Å². The van der Waals surface area contributed by atoms with Gasteiger partial charge < -0.3 is 9.47 Å². The summed E-state index contributed by atoms with van der Waals surface area (Å²) in [5, 5.41) is 5.80. The summed E-state index contributed by atoms with van der Waals surface area (Å²) in [6.45, 7) is 0. The Morgan fingerprint density at radius 2 is 1.67 bits per heavy atom. The molecule has 1 aromatic heterocycles. The third-order valence-electron chi connectivity index (χ3n) is 4.51. The molecular formula is C23H19ClN4O2. The largest absolute Gasteiger partial charge is 0.493 e. The van der Waals surface area contributed by atoms with Crippen LogP contribution in [0.2, 0.25) is 5.02 Å². The van der Waals surface area contributed by atoms with E-state index in [0.29, 0.717) is 28.2 Å². The van der Waals surface area contributed by atoms with Crippen molar-refractivity contribution in [3.8, 4) is 22.9 Å². The maximum Gasteiger partial charge on any atom is 0.163 e. The second kappa shape index (κ2) is 8.80. The number of halogens is 1. The van der Waals surface area contributed by atoms with Crippen LogP contribution in [0.4, 0.5) is 5.82 Å². The maximum absolute atomic E-state index is 6.35. The van der Waals surface area contributed by atoms with Crippen LogP contribution in [-0.4, -0.2) is 30.4 Å². The van der Waals surface area contributed by atoms with Gasteiger partial charge in [0.05, 0.1) is 31.0 Å². The zero-order chi connectivity index (χ0) is 20.9. The van der Waals surface area contributed by atoms with Crippen molar-refractivity contribution in [1.29, 1.82) is 0 Å². The molecule has 4 aromatic rings. The van der Waals surface area contributed by atoms with E-state index in [1.54, 1.807) is 20.4 Å². The first-order valence-corrected chi connectivity index (χ1v) is 9.60. The van der Waals surface area contributed by atoms with Gasteiger partial charge in [0.25, 0.3) is 0 Å². The van der Waals surface area contributed by atoms with Crippen LogP contribution in [0.1, 0.15) is 5.56 Å². The number of nitrogens with zero attached hydrogens (tertiary/aromatic N) is 3. The van der Waals surface area contributed by atoms with Gasteiger partial charge in [-0.1, -0.05) is 35.9 Å². The van der Waals surface area contributed by atoms with Crippen molar-refractivity contribution in [2.45, 2.75) is 0 Å². The molecule has 0 aliphatic heterocycles. The number of benzene rings is 3. The Kier molecular flexibility index (Phi) is 5.77. The molecule has 0 atom stereocenters. The maximum atomic E-state index is 6.35. The topological polar surface area (TPSA) is 68.6 Å². The van der Waals surface area contributed by atoms with Crippen molar-refractivity contribution in [1.82, 2.24) is 9.97 Å². The molecule has 0 spiro atoms. The highest BCUT2D eigenvalue weighted by molar-refractivity contribution is 6.33. The lowest BCUT2D eigenvalue weighted by Crippen LogP contribution is -2.00. The molecule has 0 fully saturated rings. The Bertz CT molecular complexity index is 1230. The Morgan fingerprint density at radius 1 is 0.900 bits per heavy atom. The van der Waals surface area contributed by atoms with Crippen molar-refractivity contribution in [2.75, 3.05) is 19.6 Å². The fourth-order valence-electron chi connectivity index (χ4n) is 3.03. The summed E-state index contributed by atoms with van der Waals surface area (Å²) in [4.78, 5) is 9.32. The molecule has 0 radical (unpaired) electrons. The normalized spacial score (nSPS) is 11.0. The average Bonchev–Trinajstić information content (AvgIpc) is 2.79. The van der Waals surface area contributed by atoms with Crippen LogP contribution in [0, 0.1) is 0 Å². The van der Waals surface area contributed by atoms with Crippen molar-refractivity contribution in [3.63, 3.8) is 0 Å². The minimum atomic E-state index is 0.531. The molecule has 0 aliphatic rings. The van der Waals surface area contributed by atoms with Crippen LogP contribution < -0.4 is 14.9 Å². The summed E-state index contributed by atoms with van der Waals surface area (Å²) in [7, 11) is 3.20. The minimum absolute atomic E-state index is 0.531. The zero-order valence-corrected chi connectivity index (χ0v) is 17.2. The van der Waals surface area contributed by atoms with Gasteiger partial charge in [0.2, 0.25) is 0 Å². The van der Waals surface area contributed by atoms with E-state index in [4.69, 9.17) is 21.1 Å². The van der Waals surface area contributed by atoms with Crippen molar-refractivity contribution < 1.29 is 9.47 Å². The summed E-state index contributed by atoms with van der Waals surface area (Å²) < 4.78 is 10.6. The van der Waals surface area contributed by atoms with Crippen LogP contribution >= 0.6 is 11.6 Å². The third kappa shape index (κ3) is 4.04. The molecule has 4 rings (SSSR count). The molecule has 0 saturated heterocycles. The first-order valence-electron chi connectivity index (χ1n) is 9.22. The van der Waals surface area contributed by atoms with Gasteiger partial charge in [-0.15, -0.1) is 0 Å². The van der Waals surface area contributed by atoms with Crippen molar-refractivity contribution in [3.05, 3.63) is 77.3 Å². The molecule has 1 heterocycles. The van der Waals surface area contributed by atoms with Gasteiger partial charge in [-0.05, 0) is 48.0 Å². The van der Waals surface area contributed by atoms with Crippen LogP contribution in [-0.2, 0) is 0 Å². The predicted octanol–water partition coefficient (Wildman–Crippen LogP) is 5.41. The molecule has 0 aliphatic carbocycles. The van der Waals surface area contributed by atoms with E-state index in [9.17, 15) is 0 Å². The summed E-state index contributed by atoms with van der Waals surface area (Å²) in [5.74, 6) is 2.42. The second-order valence-corrected chi connectivity index (χ2v) is 6.78. The molecule has 30 heavy (non-hydrogen) atoms. The van der Waals surface area contributed by atoms with Crippen LogP contribution in [0.15, 0.2) is 71.8 Å². The Labute approximate surface area is 179 Å². The first-order chi connectivity index (χ1) is 14.7. The fourth-order valence-corrected chi connectivity index (χ4v) is 3.25. The number of ether oxygens (including phenoxy) is 2. The van der Waals surface area contributed by atoms with Crippen LogP contribution in [0.25, 0.3) is 22.3 Å². The zero-order valence-electron chi connectivity index (χ0n) is 16.5. The van der Waals surface area contributed by atoms with Gasteiger partial charge in [0, 0.05) is 10.9 Å².